The van der Waals surface area contributed by atoms with Crippen LogP contribution in [0.4, 0.5) is 0 Å². The molecule has 1 fully saturated rings. The van der Waals surface area contributed by atoms with Gasteiger partial charge in [-0.15, -0.1) is 12.4 Å². The topological polar surface area (TPSA) is 42.3 Å². The third-order valence-corrected chi connectivity index (χ3v) is 3.85. The molecule has 0 bridgehead atoms. The molecule has 2 aromatic rings. The van der Waals surface area contributed by atoms with E-state index in [2.05, 4.69) is 21.4 Å². The van der Waals surface area contributed by atoms with E-state index in [1.54, 1.807) is 7.11 Å². The molecular formula is C16H23ClN4O. The fraction of sp³-hybridized carbons (Fsp3) is 0.438. The third-order valence-electron chi connectivity index (χ3n) is 3.85. The van der Waals surface area contributed by atoms with Crippen LogP contribution in [0.25, 0.3) is 5.69 Å². The molecule has 22 heavy (non-hydrogen) atoms. The molecule has 0 aliphatic carbocycles. The minimum atomic E-state index is 0. The second-order valence-corrected chi connectivity index (χ2v) is 5.29. The monoisotopic (exact) mass is 322 g/mol. The van der Waals surface area contributed by atoms with Gasteiger partial charge in [0.1, 0.15) is 11.4 Å². The summed E-state index contributed by atoms with van der Waals surface area (Å²) in [5, 5.41) is 7.92. The summed E-state index contributed by atoms with van der Waals surface area (Å²) in [5.74, 6) is 0.847. The number of benzene rings is 1. The third kappa shape index (κ3) is 3.80. The highest BCUT2D eigenvalue weighted by Gasteiger charge is 2.14. The standard InChI is InChI=1S/C16H22N4O.ClH/c1-21-16-6-3-2-5-15(16)20-14(7-9-18-20)13-19-11-4-8-17-10-12-19;/h2-3,5-7,9,17H,4,8,10-13H2,1H3;1H. The van der Waals surface area contributed by atoms with Crippen molar-refractivity contribution in [2.24, 2.45) is 0 Å². The maximum absolute atomic E-state index is 5.45. The first kappa shape index (κ1) is 16.8. The van der Waals surface area contributed by atoms with Gasteiger partial charge in [0.15, 0.2) is 0 Å². The Bertz CT molecular complexity index is 579. The van der Waals surface area contributed by atoms with E-state index in [1.807, 2.05) is 35.1 Å². The second kappa shape index (κ2) is 8.17. The minimum absolute atomic E-state index is 0. The van der Waals surface area contributed by atoms with E-state index >= 15 is 0 Å². The minimum Gasteiger partial charge on any atom is -0.494 e. The van der Waals surface area contributed by atoms with Gasteiger partial charge in [0.05, 0.1) is 12.8 Å². The molecule has 1 saturated heterocycles. The van der Waals surface area contributed by atoms with Crippen LogP contribution >= 0.6 is 12.4 Å². The van der Waals surface area contributed by atoms with Crippen LogP contribution in [0.5, 0.6) is 5.75 Å². The van der Waals surface area contributed by atoms with E-state index in [0.717, 1.165) is 44.2 Å². The Morgan fingerprint density at radius 1 is 1.18 bits per heavy atom. The Morgan fingerprint density at radius 3 is 2.91 bits per heavy atom. The molecule has 1 N–H and O–H groups in total. The van der Waals surface area contributed by atoms with Gasteiger partial charge in [-0.1, -0.05) is 12.1 Å². The summed E-state index contributed by atoms with van der Waals surface area (Å²) < 4.78 is 7.43. The van der Waals surface area contributed by atoms with E-state index in [0.29, 0.717) is 0 Å². The van der Waals surface area contributed by atoms with Gasteiger partial charge in [0.2, 0.25) is 0 Å². The quantitative estimate of drug-likeness (QED) is 0.936. The molecule has 0 saturated carbocycles. The summed E-state index contributed by atoms with van der Waals surface area (Å²) in [6.07, 6.45) is 3.06. The zero-order chi connectivity index (χ0) is 14.5. The molecule has 6 heteroatoms. The van der Waals surface area contributed by atoms with Crippen LogP contribution in [0.15, 0.2) is 36.5 Å². The van der Waals surface area contributed by atoms with Gasteiger partial charge in [-0.25, -0.2) is 4.68 Å². The normalized spacial score (nSPS) is 15.9. The lowest BCUT2D eigenvalue weighted by molar-refractivity contribution is 0.278. The number of methoxy groups -OCH3 is 1. The van der Waals surface area contributed by atoms with Gasteiger partial charge in [0, 0.05) is 25.8 Å². The highest BCUT2D eigenvalue weighted by molar-refractivity contribution is 5.85. The fourth-order valence-electron chi connectivity index (χ4n) is 2.76. The van der Waals surface area contributed by atoms with Crippen molar-refractivity contribution in [3.63, 3.8) is 0 Å². The molecule has 0 unspecified atom stereocenters. The predicted molar refractivity (Wildman–Crippen MR) is 90.1 cm³/mol. The van der Waals surface area contributed by atoms with Crippen molar-refractivity contribution < 1.29 is 4.74 Å². The highest BCUT2D eigenvalue weighted by atomic mass is 35.5. The lowest BCUT2D eigenvalue weighted by atomic mass is 10.2. The maximum atomic E-state index is 5.45. The van der Waals surface area contributed by atoms with Crippen molar-refractivity contribution in [2.45, 2.75) is 13.0 Å². The molecule has 0 radical (unpaired) electrons. The maximum Gasteiger partial charge on any atom is 0.144 e. The largest absolute Gasteiger partial charge is 0.494 e. The van der Waals surface area contributed by atoms with E-state index in [4.69, 9.17) is 4.74 Å². The van der Waals surface area contributed by atoms with Crippen molar-refractivity contribution in [3.05, 3.63) is 42.2 Å². The molecular weight excluding hydrogens is 300 g/mol. The molecule has 5 nitrogen and oxygen atoms in total. The number of ether oxygens (including phenoxy) is 1. The Hall–Kier alpha value is -1.56. The van der Waals surface area contributed by atoms with E-state index in [9.17, 15) is 0 Å². The Labute approximate surface area is 137 Å². The Morgan fingerprint density at radius 2 is 2.05 bits per heavy atom. The molecule has 120 valence electrons. The first-order valence-corrected chi connectivity index (χ1v) is 7.48. The van der Waals surface area contributed by atoms with Crippen LogP contribution in [0, 0.1) is 0 Å². The van der Waals surface area contributed by atoms with Gasteiger partial charge in [0.25, 0.3) is 0 Å². The number of nitrogens with zero attached hydrogens (tertiary/aromatic N) is 3. The average molecular weight is 323 g/mol. The van der Waals surface area contributed by atoms with Crippen molar-refractivity contribution in [2.75, 3.05) is 33.3 Å². The van der Waals surface area contributed by atoms with Crippen LogP contribution in [-0.2, 0) is 6.54 Å². The molecule has 0 amide bonds. The van der Waals surface area contributed by atoms with Gasteiger partial charge >= 0.3 is 0 Å². The molecule has 3 rings (SSSR count). The van der Waals surface area contributed by atoms with Gasteiger partial charge in [-0.3, -0.25) is 4.90 Å². The molecule has 1 aliphatic rings. The van der Waals surface area contributed by atoms with E-state index in [1.165, 1.54) is 12.1 Å². The van der Waals surface area contributed by atoms with Gasteiger partial charge in [-0.2, -0.15) is 5.10 Å². The summed E-state index contributed by atoms with van der Waals surface area (Å²) in [4.78, 5) is 2.48. The molecule has 1 aliphatic heterocycles. The Kier molecular flexibility index (Phi) is 6.24. The number of para-hydroxylation sites is 2. The Balaban J connectivity index is 0.00000176. The van der Waals surface area contributed by atoms with Crippen LogP contribution in [0.3, 0.4) is 0 Å². The summed E-state index contributed by atoms with van der Waals surface area (Å²) in [6.45, 7) is 5.30. The first-order chi connectivity index (χ1) is 10.4. The van der Waals surface area contributed by atoms with Crippen LogP contribution in [0.2, 0.25) is 0 Å². The number of rotatable bonds is 4. The average Bonchev–Trinajstić information content (AvgIpc) is 2.82. The number of hydrogen-bond acceptors (Lipinski definition) is 4. The SMILES string of the molecule is COc1ccccc1-n1nccc1CN1CCCNCC1.Cl. The second-order valence-electron chi connectivity index (χ2n) is 5.29. The molecule has 1 aromatic heterocycles. The highest BCUT2D eigenvalue weighted by Crippen LogP contribution is 2.23. The van der Waals surface area contributed by atoms with E-state index in [-0.39, 0.29) is 12.4 Å². The van der Waals surface area contributed by atoms with Crippen LogP contribution < -0.4 is 10.1 Å². The lowest BCUT2D eigenvalue weighted by Crippen LogP contribution is -2.28. The number of nitrogens with one attached hydrogen (secondary N) is 1. The summed E-state index contributed by atoms with van der Waals surface area (Å²) in [7, 11) is 1.70. The predicted octanol–water partition coefficient (Wildman–Crippen LogP) is 2.10. The zero-order valence-corrected chi connectivity index (χ0v) is 13.7. The first-order valence-electron chi connectivity index (χ1n) is 7.48. The van der Waals surface area contributed by atoms with Crippen LogP contribution in [-0.4, -0.2) is 48.0 Å². The van der Waals surface area contributed by atoms with Crippen molar-refractivity contribution in [3.8, 4) is 11.4 Å². The van der Waals surface area contributed by atoms with Crippen molar-refractivity contribution >= 4 is 12.4 Å². The summed E-state index contributed by atoms with van der Waals surface area (Å²) in [6, 6.07) is 10.1. The molecule has 0 spiro atoms. The van der Waals surface area contributed by atoms with Gasteiger partial charge < -0.3 is 10.1 Å². The molecule has 2 heterocycles. The lowest BCUT2D eigenvalue weighted by Gasteiger charge is -2.20. The summed E-state index contributed by atoms with van der Waals surface area (Å²) in [5.41, 5.74) is 2.19. The van der Waals surface area contributed by atoms with Gasteiger partial charge in [-0.05, 0) is 37.7 Å². The summed E-state index contributed by atoms with van der Waals surface area (Å²) >= 11 is 0. The van der Waals surface area contributed by atoms with Crippen LogP contribution in [0.1, 0.15) is 12.1 Å². The van der Waals surface area contributed by atoms with Crippen molar-refractivity contribution in [1.82, 2.24) is 20.0 Å². The number of aromatic nitrogens is 2. The fourth-order valence-corrected chi connectivity index (χ4v) is 2.76. The molecule has 1 aromatic carbocycles. The smallest absolute Gasteiger partial charge is 0.144 e. The number of hydrogen-bond donors (Lipinski definition) is 1. The molecule has 0 atom stereocenters. The van der Waals surface area contributed by atoms with E-state index < -0.39 is 0 Å². The zero-order valence-electron chi connectivity index (χ0n) is 12.9. The van der Waals surface area contributed by atoms with Crippen molar-refractivity contribution in [1.29, 1.82) is 0 Å². The number of halogens is 1.